The molecule has 1 aliphatic carbocycles. The maximum Gasteiger partial charge on any atom is 0.266 e. The van der Waals surface area contributed by atoms with Crippen LogP contribution < -0.4 is 5.32 Å². The lowest BCUT2D eigenvalue weighted by Gasteiger charge is -2.07. The van der Waals surface area contributed by atoms with Gasteiger partial charge in [-0.15, -0.1) is 11.3 Å². The zero-order valence-electron chi connectivity index (χ0n) is 11.9. The Morgan fingerprint density at radius 1 is 1.09 bits per heavy atom. The van der Waals surface area contributed by atoms with Gasteiger partial charge >= 0.3 is 0 Å². The maximum atomic E-state index is 12.5. The normalized spacial score (nSPS) is 14.0. The molecule has 0 atom stereocenters. The van der Waals surface area contributed by atoms with E-state index in [1.165, 1.54) is 35.3 Å². The van der Waals surface area contributed by atoms with E-state index in [2.05, 4.69) is 34.3 Å². The van der Waals surface area contributed by atoms with Gasteiger partial charge in [-0.1, -0.05) is 12.1 Å². The number of thiophene rings is 2. The molecule has 0 radical (unpaired) electrons. The van der Waals surface area contributed by atoms with E-state index < -0.39 is 0 Å². The van der Waals surface area contributed by atoms with Crippen LogP contribution in [0.4, 0.5) is 5.69 Å². The highest BCUT2D eigenvalue weighted by molar-refractivity contribution is 7.12. The van der Waals surface area contributed by atoms with Crippen molar-refractivity contribution in [2.75, 3.05) is 5.32 Å². The monoisotopic (exact) mass is 325 g/mol. The summed E-state index contributed by atoms with van der Waals surface area (Å²) in [7, 11) is 0. The molecule has 3 aromatic rings. The van der Waals surface area contributed by atoms with Gasteiger partial charge in [0.2, 0.25) is 0 Å². The summed E-state index contributed by atoms with van der Waals surface area (Å²) in [6.45, 7) is 0. The van der Waals surface area contributed by atoms with Gasteiger partial charge in [0.15, 0.2) is 0 Å². The topological polar surface area (TPSA) is 29.1 Å². The van der Waals surface area contributed by atoms with Crippen LogP contribution in [0.2, 0.25) is 0 Å². The average Bonchev–Trinajstić information content (AvgIpc) is 3.05. The van der Waals surface area contributed by atoms with E-state index in [1.807, 2.05) is 23.6 Å². The van der Waals surface area contributed by atoms with Crippen LogP contribution >= 0.6 is 22.7 Å². The lowest BCUT2D eigenvalue weighted by atomic mass is 10.1. The summed E-state index contributed by atoms with van der Waals surface area (Å²) < 4.78 is 0. The molecule has 22 heavy (non-hydrogen) atoms. The Morgan fingerprint density at radius 2 is 2.00 bits per heavy atom. The van der Waals surface area contributed by atoms with Gasteiger partial charge in [0.1, 0.15) is 0 Å². The lowest BCUT2D eigenvalue weighted by molar-refractivity contribution is 0.102. The number of rotatable bonds is 4. The number of hydrogen-bond acceptors (Lipinski definition) is 3. The smallest absolute Gasteiger partial charge is 0.266 e. The molecular weight excluding hydrogens is 310 g/mol. The minimum atomic E-state index is 0.0133. The SMILES string of the molecule is O=C(Nc1cccc(-c2ccsc2)c1)c1sccc1C1CC1. The molecule has 0 spiro atoms. The fourth-order valence-electron chi connectivity index (χ4n) is 2.61. The number of benzene rings is 1. The summed E-state index contributed by atoms with van der Waals surface area (Å²) in [5.74, 6) is 0.614. The second-order valence-electron chi connectivity index (χ2n) is 5.53. The molecule has 1 N–H and O–H groups in total. The highest BCUT2D eigenvalue weighted by Crippen LogP contribution is 2.43. The average molecular weight is 325 g/mol. The highest BCUT2D eigenvalue weighted by Gasteiger charge is 2.28. The Kier molecular flexibility index (Phi) is 3.56. The van der Waals surface area contributed by atoms with E-state index in [-0.39, 0.29) is 5.91 Å². The molecule has 110 valence electrons. The van der Waals surface area contributed by atoms with E-state index in [0.29, 0.717) is 5.92 Å². The summed E-state index contributed by atoms with van der Waals surface area (Å²) in [4.78, 5) is 13.4. The second-order valence-corrected chi connectivity index (χ2v) is 7.22. The predicted octanol–water partition coefficient (Wildman–Crippen LogP) is 5.61. The number of carbonyl (C=O) groups is 1. The van der Waals surface area contributed by atoms with Gasteiger partial charge < -0.3 is 5.32 Å². The molecule has 1 fully saturated rings. The third kappa shape index (κ3) is 2.72. The maximum absolute atomic E-state index is 12.5. The Hall–Kier alpha value is -1.91. The summed E-state index contributed by atoms with van der Waals surface area (Å²) in [6, 6.07) is 12.2. The first-order valence-corrected chi connectivity index (χ1v) is 9.15. The van der Waals surface area contributed by atoms with Crippen molar-refractivity contribution in [2.45, 2.75) is 18.8 Å². The Morgan fingerprint density at radius 3 is 2.77 bits per heavy atom. The molecule has 2 heterocycles. The van der Waals surface area contributed by atoms with Gasteiger partial charge in [0.25, 0.3) is 5.91 Å². The van der Waals surface area contributed by atoms with Gasteiger partial charge in [-0.05, 0) is 75.9 Å². The third-order valence-corrected chi connectivity index (χ3v) is 5.51. The molecule has 1 aliphatic rings. The van der Waals surface area contributed by atoms with Gasteiger partial charge in [0, 0.05) is 5.69 Å². The van der Waals surface area contributed by atoms with Crippen molar-refractivity contribution in [1.82, 2.24) is 0 Å². The van der Waals surface area contributed by atoms with Crippen LogP contribution in [0.1, 0.15) is 34.0 Å². The summed E-state index contributed by atoms with van der Waals surface area (Å²) >= 11 is 3.22. The third-order valence-electron chi connectivity index (χ3n) is 3.89. The summed E-state index contributed by atoms with van der Waals surface area (Å²) in [6.07, 6.45) is 2.43. The standard InChI is InChI=1S/C18H15NOS2/c20-18(17-16(7-9-22-17)12-4-5-12)19-15-3-1-2-13(10-15)14-6-8-21-11-14/h1-3,6-12H,4-5H2,(H,19,20). The number of carbonyl (C=O) groups excluding carboxylic acids is 1. The van der Waals surface area contributed by atoms with E-state index in [0.717, 1.165) is 16.1 Å². The van der Waals surface area contributed by atoms with E-state index in [1.54, 1.807) is 11.3 Å². The minimum Gasteiger partial charge on any atom is -0.321 e. The first-order chi connectivity index (χ1) is 10.8. The zero-order chi connectivity index (χ0) is 14.9. The molecule has 4 rings (SSSR count). The quantitative estimate of drug-likeness (QED) is 0.664. The molecule has 2 aromatic heterocycles. The molecule has 0 saturated heterocycles. The number of hydrogen-bond donors (Lipinski definition) is 1. The van der Waals surface area contributed by atoms with E-state index in [4.69, 9.17) is 0 Å². The van der Waals surface area contributed by atoms with Crippen molar-refractivity contribution in [3.8, 4) is 11.1 Å². The first kappa shape index (κ1) is 13.7. The number of amides is 1. The Labute approximate surface area is 137 Å². The molecule has 1 saturated carbocycles. The van der Waals surface area contributed by atoms with Crippen molar-refractivity contribution < 1.29 is 4.79 Å². The zero-order valence-corrected chi connectivity index (χ0v) is 13.5. The Balaban J connectivity index is 1.57. The van der Waals surface area contributed by atoms with Crippen molar-refractivity contribution in [3.63, 3.8) is 0 Å². The second kappa shape index (κ2) is 5.71. The van der Waals surface area contributed by atoms with Gasteiger partial charge in [-0.25, -0.2) is 0 Å². The van der Waals surface area contributed by atoms with Crippen LogP contribution in [0.5, 0.6) is 0 Å². The molecule has 2 nitrogen and oxygen atoms in total. The predicted molar refractivity (Wildman–Crippen MR) is 94.0 cm³/mol. The molecular formula is C18H15NOS2. The van der Waals surface area contributed by atoms with Crippen LogP contribution in [0.15, 0.2) is 52.5 Å². The minimum absolute atomic E-state index is 0.0133. The first-order valence-electron chi connectivity index (χ1n) is 7.32. The number of nitrogens with one attached hydrogen (secondary N) is 1. The largest absolute Gasteiger partial charge is 0.321 e. The van der Waals surface area contributed by atoms with Crippen molar-refractivity contribution >= 4 is 34.3 Å². The Bertz CT molecular complexity index is 800. The highest BCUT2D eigenvalue weighted by atomic mass is 32.1. The molecule has 1 amide bonds. The summed E-state index contributed by atoms with van der Waals surface area (Å²) in [5, 5.41) is 9.24. The van der Waals surface area contributed by atoms with Gasteiger partial charge in [0.05, 0.1) is 4.88 Å². The molecule has 4 heteroatoms. The van der Waals surface area contributed by atoms with Crippen molar-refractivity contribution in [2.24, 2.45) is 0 Å². The summed E-state index contributed by atoms with van der Waals surface area (Å²) in [5.41, 5.74) is 4.39. The molecule has 0 aliphatic heterocycles. The van der Waals surface area contributed by atoms with Gasteiger partial charge in [-0.2, -0.15) is 11.3 Å². The lowest BCUT2D eigenvalue weighted by Crippen LogP contribution is -2.11. The van der Waals surface area contributed by atoms with Crippen LogP contribution in [-0.2, 0) is 0 Å². The molecule has 1 aromatic carbocycles. The number of anilines is 1. The van der Waals surface area contributed by atoms with Gasteiger partial charge in [-0.3, -0.25) is 4.79 Å². The fourth-order valence-corrected chi connectivity index (χ4v) is 4.16. The van der Waals surface area contributed by atoms with Crippen molar-refractivity contribution in [3.05, 3.63) is 63.0 Å². The van der Waals surface area contributed by atoms with Crippen molar-refractivity contribution in [1.29, 1.82) is 0 Å². The fraction of sp³-hybridized carbons (Fsp3) is 0.167. The molecule has 0 bridgehead atoms. The van der Waals surface area contributed by atoms with Crippen LogP contribution in [0, 0.1) is 0 Å². The van der Waals surface area contributed by atoms with E-state index in [9.17, 15) is 4.79 Å². The van der Waals surface area contributed by atoms with Crippen LogP contribution in [0.25, 0.3) is 11.1 Å². The van der Waals surface area contributed by atoms with Crippen LogP contribution in [-0.4, -0.2) is 5.91 Å². The molecule has 0 unspecified atom stereocenters. The van der Waals surface area contributed by atoms with Crippen LogP contribution in [0.3, 0.4) is 0 Å². The van der Waals surface area contributed by atoms with E-state index >= 15 is 0 Å².